The van der Waals surface area contributed by atoms with Crippen molar-refractivity contribution in [2.75, 3.05) is 0 Å². The molecule has 4 heteroatoms. The summed E-state index contributed by atoms with van der Waals surface area (Å²) in [5.74, 6) is 1.81. The standard InChI is InChI=1S/C66H44N4/c1-66(2)58-34-12-10-28-51(58)56-39-57-52-29-11-13-35-60(52)70(61(57)40-59(56)66)65-68-63(43-20-4-3-5-21-43)67-64(69-65)45-25-14-24-44(38-45)48-36-37-55(50-31-16-23-42-19-7-9-27-47(42)50)62-53(48)32-17-33-54(62)49-30-15-22-41-18-6-8-26-46(41)49/h3-40H,1-2H3. The quantitative estimate of drug-likeness (QED) is 0.167. The van der Waals surface area contributed by atoms with E-state index in [0.717, 1.165) is 38.7 Å². The molecule has 0 atom stereocenters. The minimum Gasteiger partial charge on any atom is -0.278 e. The molecule has 1 aliphatic carbocycles. The van der Waals surface area contributed by atoms with Crippen molar-refractivity contribution in [1.29, 1.82) is 0 Å². The van der Waals surface area contributed by atoms with Crippen LogP contribution in [-0.2, 0) is 5.41 Å². The molecule has 0 radical (unpaired) electrons. The van der Waals surface area contributed by atoms with Gasteiger partial charge in [0, 0.05) is 27.3 Å². The Kier molecular flexibility index (Phi) is 8.90. The van der Waals surface area contributed by atoms with Gasteiger partial charge >= 0.3 is 0 Å². The summed E-state index contributed by atoms with van der Waals surface area (Å²) in [7, 11) is 0. The fraction of sp³-hybridized carbons (Fsp3) is 0.0455. The Morgan fingerprint density at radius 2 is 0.843 bits per heavy atom. The number of hydrogen-bond donors (Lipinski definition) is 0. The number of fused-ring (bicyclic) bond motifs is 9. The van der Waals surface area contributed by atoms with Gasteiger partial charge in [0.25, 0.3) is 0 Å². The second kappa shape index (κ2) is 15.5. The number of para-hydroxylation sites is 1. The summed E-state index contributed by atoms with van der Waals surface area (Å²) in [6.45, 7) is 4.67. The maximum Gasteiger partial charge on any atom is 0.238 e. The van der Waals surface area contributed by atoms with E-state index in [1.807, 2.05) is 18.2 Å². The Hall–Kier alpha value is -8.99. The molecule has 14 rings (SSSR count). The van der Waals surface area contributed by atoms with Crippen molar-refractivity contribution < 1.29 is 0 Å². The third kappa shape index (κ3) is 6.13. The lowest BCUT2D eigenvalue weighted by molar-refractivity contribution is 0.661. The second-order valence-electron chi connectivity index (χ2n) is 19.1. The minimum atomic E-state index is -0.172. The lowest BCUT2D eigenvalue weighted by atomic mass is 9.82. The van der Waals surface area contributed by atoms with Gasteiger partial charge in [0.1, 0.15) is 0 Å². The number of rotatable bonds is 6. The molecule has 0 saturated heterocycles. The molecule has 0 bridgehead atoms. The molecule has 1 aliphatic rings. The van der Waals surface area contributed by atoms with Crippen LogP contribution in [0.15, 0.2) is 231 Å². The zero-order valence-corrected chi connectivity index (χ0v) is 38.7. The van der Waals surface area contributed by atoms with Gasteiger partial charge in [0.05, 0.1) is 11.0 Å². The topological polar surface area (TPSA) is 43.6 Å². The van der Waals surface area contributed by atoms with Crippen LogP contribution < -0.4 is 0 Å². The summed E-state index contributed by atoms with van der Waals surface area (Å²) < 4.78 is 2.25. The molecule has 0 N–H and O–H groups in total. The predicted octanol–water partition coefficient (Wildman–Crippen LogP) is 17.1. The predicted molar refractivity (Wildman–Crippen MR) is 291 cm³/mol. The molecule has 2 aromatic heterocycles. The largest absolute Gasteiger partial charge is 0.278 e. The van der Waals surface area contributed by atoms with Crippen molar-refractivity contribution in [2.24, 2.45) is 0 Å². The Balaban J connectivity index is 0.987. The highest BCUT2D eigenvalue weighted by atomic mass is 15.2. The highest BCUT2D eigenvalue weighted by Crippen LogP contribution is 2.51. The fourth-order valence-corrected chi connectivity index (χ4v) is 11.5. The van der Waals surface area contributed by atoms with Crippen LogP contribution in [0, 0.1) is 0 Å². The lowest BCUT2D eigenvalue weighted by Crippen LogP contribution is -2.15. The number of aromatic nitrogens is 4. The van der Waals surface area contributed by atoms with E-state index in [2.05, 4.69) is 231 Å². The van der Waals surface area contributed by atoms with E-state index in [0.29, 0.717) is 17.6 Å². The van der Waals surface area contributed by atoms with E-state index < -0.39 is 0 Å². The van der Waals surface area contributed by atoms with Crippen molar-refractivity contribution in [3.8, 4) is 73.2 Å². The molecule has 0 spiro atoms. The summed E-state index contributed by atoms with van der Waals surface area (Å²) in [5, 5.41) is 9.64. The first kappa shape index (κ1) is 40.1. The summed E-state index contributed by atoms with van der Waals surface area (Å²) >= 11 is 0. The van der Waals surface area contributed by atoms with E-state index in [4.69, 9.17) is 15.0 Å². The van der Waals surface area contributed by atoms with Gasteiger partial charge in [-0.2, -0.15) is 9.97 Å². The Bertz CT molecular complexity index is 4180. The Labute approximate surface area is 405 Å². The number of nitrogens with zero attached hydrogens (tertiary/aromatic N) is 4. The Morgan fingerprint density at radius 1 is 0.314 bits per heavy atom. The van der Waals surface area contributed by atoms with E-state index in [9.17, 15) is 0 Å². The third-order valence-electron chi connectivity index (χ3n) is 14.9. The second-order valence-corrected chi connectivity index (χ2v) is 19.1. The molecule has 0 fully saturated rings. The average Bonchev–Trinajstić information content (AvgIpc) is 3.86. The van der Waals surface area contributed by atoms with Crippen LogP contribution in [0.3, 0.4) is 0 Å². The molecule has 11 aromatic carbocycles. The maximum atomic E-state index is 5.44. The van der Waals surface area contributed by atoms with Gasteiger partial charge in [-0.15, -0.1) is 0 Å². The van der Waals surface area contributed by atoms with Crippen molar-refractivity contribution >= 4 is 54.1 Å². The van der Waals surface area contributed by atoms with E-state index in [-0.39, 0.29) is 5.41 Å². The first-order chi connectivity index (χ1) is 34.5. The van der Waals surface area contributed by atoms with Crippen LogP contribution >= 0.6 is 0 Å². The van der Waals surface area contributed by atoms with Crippen molar-refractivity contribution in [3.05, 3.63) is 242 Å². The highest BCUT2D eigenvalue weighted by molar-refractivity contribution is 6.17. The van der Waals surface area contributed by atoms with E-state index >= 15 is 0 Å². The van der Waals surface area contributed by atoms with Crippen LogP contribution in [0.1, 0.15) is 25.0 Å². The van der Waals surface area contributed by atoms with Gasteiger partial charge in [0.15, 0.2) is 11.6 Å². The van der Waals surface area contributed by atoms with Gasteiger partial charge in [-0.3, -0.25) is 4.57 Å². The maximum absolute atomic E-state index is 5.44. The van der Waals surface area contributed by atoms with Crippen molar-refractivity contribution in [1.82, 2.24) is 19.5 Å². The van der Waals surface area contributed by atoms with Gasteiger partial charge in [-0.25, -0.2) is 4.98 Å². The van der Waals surface area contributed by atoms with Gasteiger partial charge in [-0.1, -0.05) is 220 Å². The summed E-state index contributed by atoms with van der Waals surface area (Å²) in [4.78, 5) is 16.0. The molecule has 0 amide bonds. The third-order valence-corrected chi connectivity index (χ3v) is 14.9. The lowest BCUT2D eigenvalue weighted by Gasteiger charge is -2.21. The zero-order valence-electron chi connectivity index (χ0n) is 38.7. The normalized spacial score (nSPS) is 12.8. The molecule has 0 saturated carbocycles. The molecular formula is C66H44N4. The summed E-state index contributed by atoms with van der Waals surface area (Å²) in [5.41, 5.74) is 16.1. The van der Waals surface area contributed by atoms with Crippen LogP contribution in [0.25, 0.3) is 127 Å². The van der Waals surface area contributed by atoms with Crippen LogP contribution in [0.5, 0.6) is 0 Å². The summed E-state index contributed by atoms with van der Waals surface area (Å²) in [6, 6.07) is 83.4. The molecule has 2 heterocycles. The first-order valence-electron chi connectivity index (χ1n) is 24.1. The SMILES string of the molecule is CC1(C)c2ccccc2-c2cc3c4ccccc4n(-c4nc(-c5ccccc5)nc(-c5cccc(-c6ccc(-c7cccc8ccccc78)c7c(-c8cccc9ccccc89)cccc67)c5)n4)c3cc21. The molecule has 4 nitrogen and oxygen atoms in total. The van der Waals surface area contributed by atoms with Crippen LogP contribution in [0.4, 0.5) is 0 Å². The van der Waals surface area contributed by atoms with Crippen LogP contribution in [0.2, 0.25) is 0 Å². The van der Waals surface area contributed by atoms with Crippen LogP contribution in [-0.4, -0.2) is 19.5 Å². The molecule has 13 aromatic rings. The first-order valence-corrected chi connectivity index (χ1v) is 24.1. The van der Waals surface area contributed by atoms with Crippen molar-refractivity contribution in [2.45, 2.75) is 19.3 Å². The van der Waals surface area contributed by atoms with E-state index in [1.165, 1.54) is 82.2 Å². The van der Waals surface area contributed by atoms with Crippen molar-refractivity contribution in [3.63, 3.8) is 0 Å². The minimum absolute atomic E-state index is 0.172. The smallest absolute Gasteiger partial charge is 0.238 e. The fourth-order valence-electron chi connectivity index (χ4n) is 11.5. The number of hydrogen-bond acceptors (Lipinski definition) is 3. The molecule has 0 unspecified atom stereocenters. The van der Waals surface area contributed by atoms with Gasteiger partial charge < -0.3 is 0 Å². The molecule has 328 valence electrons. The molecular weight excluding hydrogens is 849 g/mol. The highest BCUT2D eigenvalue weighted by Gasteiger charge is 2.36. The number of benzene rings is 11. The average molecular weight is 893 g/mol. The molecule has 0 aliphatic heterocycles. The monoisotopic (exact) mass is 892 g/mol. The van der Waals surface area contributed by atoms with Gasteiger partial charge in [-0.05, 0) is 112 Å². The molecule has 70 heavy (non-hydrogen) atoms. The Morgan fingerprint density at radius 3 is 1.61 bits per heavy atom. The van der Waals surface area contributed by atoms with E-state index in [1.54, 1.807) is 0 Å². The zero-order chi connectivity index (χ0) is 46.5. The summed E-state index contributed by atoms with van der Waals surface area (Å²) in [6.07, 6.45) is 0. The van der Waals surface area contributed by atoms with Gasteiger partial charge in [0.2, 0.25) is 5.95 Å².